The van der Waals surface area contributed by atoms with Gasteiger partial charge in [-0.2, -0.15) is 0 Å². The number of amides is 2. The van der Waals surface area contributed by atoms with Crippen LogP contribution >= 0.6 is 0 Å². The average molecular weight is 311 g/mol. The number of carbonyl (C=O) groups is 2. The Kier molecular flexibility index (Phi) is 6.77. The maximum absolute atomic E-state index is 11.7. The molecule has 1 rings (SSSR count). The molecule has 2 N–H and O–H groups in total. The minimum absolute atomic E-state index is 0.0923. The molecule has 0 saturated heterocycles. The Labute approximate surface area is 126 Å². The molecule has 0 atom stereocenters. The highest BCUT2D eigenvalue weighted by Gasteiger charge is 2.17. The number of non-ortho nitro benzene ring substituents is 1. The van der Waals surface area contributed by atoms with Gasteiger partial charge in [0.25, 0.3) is 5.69 Å². The summed E-state index contributed by atoms with van der Waals surface area (Å²) in [5.41, 5.74) is -0.0102. The molecular formula is C13H17N3O6. The summed E-state index contributed by atoms with van der Waals surface area (Å²) in [6, 6.07) is 3.66. The summed E-state index contributed by atoms with van der Waals surface area (Å²) < 4.78 is 9.78. The van der Waals surface area contributed by atoms with Gasteiger partial charge < -0.3 is 20.1 Å². The Balaban J connectivity index is 2.67. The van der Waals surface area contributed by atoms with Crippen LogP contribution in [-0.2, 0) is 14.3 Å². The molecule has 0 radical (unpaired) electrons. The van der Waals surface area contributed by atoms with Gasteiger partial charge in [0.05, 0.1) is 23.8 Å². The normalized spacial score (nSPS) is 9.91. The summed E-state index contributed by atoms with van der Waals surface area (Å²) in [7, 11) is 2.84. The lowest BCUT2D eigenvalue weighted by molar-refractivity contribution is -0.384. The lowest BCUT2D eigenvalue weighted by Crippen LogP contribution is -2.36. The van der Waals surface area contributed by atoms with Gasteiger partial charge in [-0.1, -0.05) is 0 Å². The smallest absolute Gasteiger partial charge is 0.313 e. The monoisotopic (exact) mass is 311 g/mol. The van der Waals surface area contributed by atoms with E-state index in [0.29, 0.717) is 19.6 Å². The van der Waals surface area contributed by atoms with Crippen LogP contribution in [0.5, 0.6) is 5.75 Å². The molecule has 9 nitrogen and oxygen atoms in total. The number of anilines is 1. The first kappa shape index (κ1) is 17.4. The van der Waals surface area contributed by atoms with Gasteiger partial charge in [-0.3, -0.25) is 19.7 Å². The standard InChI is InChI=1S/C13H17N3O6/c1-21-7-3-6-14-12(17)13(18)15-10-5-4-9(16(19)20)8-11(10)22-2/h4-5,8H,3,6-7H2,1-2H3,(H,14,17)(H,15,18). The Morgan fingerprint density at radius 3 is 2.59 bits per heavy atom. The molecule has 0 bridgehead atoms. The number of hydrogen-bond donors (Lipinski definition) is 2. The van der Waals surface area contributed by atoms with E-state index >= 15 is 0 Å². The summed E-state index contributed by atoms with van der Waals surface area (Å²) in [5, 5.41) is 15.4. The van der Waals surface area contributed by atoms with Gasteiger partial charge in [0.2, 0.25) is 0 Å². The van der Waals surface area contributed by atoms with Crippen molar-refractivity contribution in [3.63, 3.8) is 0 Å². The summed E-state index contributed by atoms with van der Waals surface area (Å²) >= 11 is 0. The molecule has 0 aliphatic carbocycles. The third kappa shape index (κ3) is 5.02. The van der Waals surface area contributed by atoms with Crippen LogP contribution < -0.4 is 15.4 Å². The second-order valence-corrected chi connectivity index (χ2v) is 4.20. The first-order chi connectivity index (χ1) is 10.5. The van der Waals surface area contributed by atoms with Crippen LogP contribution in [0.15, 0.2) is 18.2 Å². The van der Waals surface area contributed by atoms with Crippen LogP contribution in [0.1, 0.15) is 6.42 Å². The van der Waals surface area contributed by atoms with Crippen molar-refractivity contribution in [2.24, 2.45) is 0 Å². The van der Waals surface area contributed by atoms with E-state index in [0.717, 1.165) is 6.07 Å². The van der Waals surface area contributed by atoms with Crippen LogP contribution in [-0.4, -0.2) is 44.1 Å². The first-order valence-electron chi connectivity index (χ1n) is 6.40. The minimum atomic E-state index is -0.885. The highest BCUT2D eigenvalue weighted by molar-refractivity contribution is 6.39. The number of nitrogens with one attached hydrogen (secondary N) is 2. The van der Waals surface area contributed by atoms with Gasteiger partial charge in [0, 0.05) is 26.3 Å². The summed E-state index contributed by atoms with van der Waals surface area (Å²) in [5.74, 6) is -1.60. The quantitative estimate of drug-likeness (QED) is 0.331. The SMILES string of the molecule is COCCCNC(=O)C(=O)Nc1ccc([N+](=O)[O-])cc1OC. The van der Waals surface area contributed by atoms with Crippen LogP contribution in [0.25, 0.3) is 0 Å². The van der Waals surface area contributed by atoms with Crippen molar-refractivity contribution < 1.29 is 24.0 Å². The van der Waals surface area contributed by atoms with Gasteiger partial charge >= 0.3 is 11.8 Å². The number of nitro benzene ring substituents is 1. The molecule has 120 valence electrons. The second-order valence-electron chi connectivity index (χ2n) is 4.20. The molecule has 0 aliphatic rings. The highest BCUT2D eigenvalue weighted by atomic mass is 16.6. The highest BCUT2D eigenvalue weighted by Crippen LogP contribution is 2.28. The van der Waals surface area contributed by atoms with Crippen LogP contribution in [0.3, 0.4) is 0 Å². The zero-order valence-corrected chi connectivity index (χ0v) is 12.3. The van der Waals surface area contributed by atoms with Crippen molar-refractivity contribution in [1.82, 2.24) is 5.32 Å². The molecular weight excluding hydrogens is 294 g/mol. The van der Waals surface area contributed by atoms with Crippen LogP contribution in [0.4, 0.5) is 11.4 Å². The van der Waals surface area contributed by atoms with Crippen molar-refractivity contribution in [3.05, 3.63) is 28.3 Å². The fraction of sp³-hybridized carbons (Fsp3) is 0.385. The molecule has 0 fully saturated rings. The number of ether oxygens (including phenoxy) is 2. The van der Waals surface area contributed by atoms with E-state index in [9.17, 15) is 19.7 Å². The Bertz CT molecular complexity index is 561. The summed E-state index contributed by atoms with van der Waals surface area (Å²) in [6.45, 7) is 0.773. The maximum atomic E-state index is 11.7. The van der Waals surface area contributed by atoms with E-state index in [2.05, 4.69) is 10.6 Å². The number of benzene rings is 1. The predicted octanol–water partition coefficient (Wildman–Crippen LogP) is 0.695. The van der Waals surface area contributed by atoms with Gasteiger partial charge in [-0.05, 0) is 12.5 Å². The minimum Gasteiger partial charge on any atom is -0.494 e. The molecule has 2 amide bonds. The van der Waals surface area contributed by atoms with Gasteiger partial charge in [0.15, 0.2) is 0 Å². The van der Waals surface area contributed by atoms with Crippen molar-refractivity contribution in [2.75, 3.05) is 32.7 Å². The summed E-state index contributed by atoms with van der Waals surface area (Å²) in [6.07, 6.45) is 0.580. The number of carbonyl (C=O) groups excluding carboxylic acids is 2. The zero-order chi connectivity index (χ0) is 16.5. The molecule has 1 aromatic carbocycles. The van der Waals surface area contributed by atoms with Crippen LogP contribution in [0, 0.1) is 10.1 Å². The van der Waals surface area contributed by atoms with Crippen molar-refractivity contribution in [1.29, 1.82) is 0 Å². The average Bonchev–Trinajstić information content (AvgIpc) is 2.51. The second kappa shape index (κ2) is 8.57. The number of nitro groups is 1. The number of hydrogen-bond acceptors (Lipinski definition) is 6. The van der Waals surface area contributed by atoms with E-state index in [1.54, 1.807) is 0 Å². The zero-order valence-electron chi connectivity index (χ0n) is 12.3. The topological polar surface area (TPSA) is 120 Å². The molecule has 0 spiro atoms. The summed E-state index contributed by atoms with van der Waals surface area (Å²) in [4.78, 5) is 33.4. The molecule has 0 unspecified atom stereocenters. The third-order valence-electron chi connectivity index (χ3n) is 2.66. The lowest BCUT2D eigenvalue weighted by Gasteiger charge is -2.10. The van der Waals surface area contributed by atoms with E-state index in [1.807, 2.05) is 0 Å². The third-order valence-corrected chi connectivity index (χ3v) is 2.66. The van der Waals surface area contributed by atoms with E-state index in [4.69, 9.17) is 9.47 Å². The first-order valence-corrected chi connectivity index (χ1v) is 6.40. The lowest BCUT2D eigenvalue weighted by atomic mass is 10.2. The number of methoxy groups -OCH3 is 2. The Hall–Kier alpha value is -2.68. The van der Waals surface area contributed by atoms with Gasteiger partial charge in [0.1, 0.15) is 5.75 Å². The maximum Gasteiger partial charge on any atom is 0.313 e. The van der Waals surface area contributed by atoms with E-state index < -0.39 is 16.7 Å². The molecule has 9 heteroatoms. The fourth-order valence-corrected chi connectivity index (χ4v) is 1.57. The van der Waals surface area contributed by atoms with Crippen LogP contribution in [0.2, 0.25) is 0 Å². The van der Waals surface area contributed by atoms with Gasteiger partial charge in [-0.25, -0.2) is 0 Å². The predicted molar refractivity (Wildman–Crippen MR) is 77.8 cm³/mol. The largest absolute Gasteiger partial charge is 0.494 e. The molecule has 22 heavy (non-hydrogen) atoms. The molecule has 1 aromatic rings. The Morgan fingerprint density at radius 1 is 1.27 bits per heavy atom. The van der Waals surface area contributed by atoms with E-state index in [1.165, 1.54) is 26.4 Å². The van der Waals surface area contributed by atoms with Crippen molar-refractivity contribution in [3.8, 4) is 5.75 Å². The number of nitrogens with zero attached hydrogens (tertiary/aromatic N) is 1. The van der Waals surface area contributed by atoms with Crippen molar-refractivity contribution >= 4 is 23.2 Å². The van der Waals surface area contributed by atoms with Crippen molar-refractivity contribution in [2.45, 2.75) is 6.42 Å². The fourth-order valence-electron chi connectivity index (χ4n) is 1.57. The molecule has 0 aromatic heterocycles. The Morgan fingerprint density at radius 2 is 2.00 bits per heavy atom. The molecule has 0 saturated carbocycles. The van der Waals surface area contributed by atoms with Gasteiger partial charge in [-0.15, -0.1) is 0 Å². The number of rotatable bonds is 7. The molecule has 0 heterocycles. The van der Waals surface area contributed by atoms with E-state index in [-0.39, 0.29) is 17.1 Å². The molecule has 0 aliphatic heterocycles.